The first-order chi connectivity index (χ1) is 8.72. The molecule has 18 heavy (non-hydrogen) atoms. The molecule has 3 fully saturated rings. The van der Waals surface area contributed by atoms with Gasteiger partial charge >= 0.3 is 0 Å². The maximum absolute atomic E-state index is 9.76. The molecule has 3 saturated carbocycles. The van der Waals surface area contributed by atoms with E-state index in [0.29, 0.717) is 0 Å². The van der Waals surface area contributed by atoms with E-state index >= 15 is 0 Å². The average molecular weight is 252 g/mol. The van der Waals surface area contributed by atoms with Gasteiger partial charge in [0.1, 0.15) is 0 Å². The van der Waals surface area contributed by atoms with Crippen molar-refractivity contribution in [3.63, 3.8) is 0 Å². The lowest BCUT2D eigenvalue weighted by Crippen LogP contribution is -2.36. The van der Waals surface area contributed by atoms with E-state index in [4.69, 9.17) is 0 Å². The Morgan fingerprint density at radius 2 is 0.889 bits per heavy atom. The van der Waals surface area contributed by atoms with Crippen LogP contribution in [0.3, 0.4) is 0 Å². The highest BCUT2D eigenvalue weighted by Gasteiger charge is 2.38. The lowest BCUT2D eigenvalue weighted by atomic mass is 9.62. The van der Waals surface area contributed by atoms with E-state index in [2.05, 4.69) is 0 Å². The summed E-state index contributed by atoms with van der Waals surface area (Å²) in [6.07, 6.45) is 12.1. The van der Waals surface area contributed by atoms with Gasteiger partial charge in [-0.25, -0.2) is 0 Å². The van der Waals surface area contributed by atoms with Crippen molar-refractivity contribution in [3.8, 4) is 0 Å². The average Bonchev–Trinajstić information content (AvgIpc) is 2.39. The van der Waals surface area contributed by atoms with E-state index in [1.54, 1.807) is 0 Å². The second kappa shape index (κ2) is 5.50. The fourth-order valence-corrected chi connectivity index (χ4v) is 4.90. The number of aliphatic hydroxyl groups is 2. The maximum Gasteiger partial charge on any atom is 0.0543 e. The van der Waals surface area contributed by atoms with Gasteiger partial charge < -0.3 is 10.2 Å². The fraction of sp³-hybridized carbons (Fsp3) is 1.00. The topological polar surface area (TPSA) is 40.5 Å². The summed E-state index contributed by atoms with van der Waals surface area (Å²) in [5.74, 6) is 3.54. The molecule has 4 atom stereocenters. The maximum atomic E-state index is 9.76. The summed E-state index contributed by atoms with van der Waals surface area (Å²) in [7, 11) is 0. The molecule has 0 aromatic heterocycles. The van der Waals surface area contributed by atoms with Gasteiger partial charge in [-0.2, -0.15) is 0 Å². The van der Waals surface area contributed by atoms with E-state index in [0.717, 1.165) is 49.4 Å². The standard InChI is InChI=1S/C16H28O2/c17-15-6-3-11(4-7-15)12-1-2-14-10-16(18)8-5-13(14)9-12/h11-18H,1-10H2. The summed E-state index contributed by atoms with van der Waals surface area (Å²) in [5, 5.41) is 19.4. The van der Waals surface area contributed by atoms with Crippen LogP contribution < -0.4 is 0 Å². The number of aliphatic hydroxyl groups excluding tert-OH is 2. The fourth-order valence-electron chi connectivity index (χ4n) is 4.90. The van der Waals surface area contributed by atoms with Gasteiger partial charge in [-0.05, 0) is 87.9 Å². The van der Waals surface area contributed by atoms with Crippen molar-refractivity contribution >= 4 is 0 Å². The molecule has 4 unspecified atom stereocenters. The molecule has 3 aliphatic rings. The van der Waals surface area contributed by atoms with Crippen LogP contribution in [0, 0.1) is 23.7 Å². The molecule has 0 saturated heterocycles. The predicted octanol–water partition coefficient (Wildman–Crippen LogP) is 3.11. The molecule has 3 rings (SSSR count). The Labute approximate surface area is 111 Å². The lowest BCUT2D eigenvalue weighted by molar-refractivity contribution is 0.0128. The minimum Gasteiger partial charge on any atom is -0.393 e. The second-order valence-corrected chi connectivity index (χ2v) is 7.13. The van der Waals surface area contributed by atoms with E-state index in [1.165, 1.54) is 38.5 Å². The minimum absolute atomic E-state index is 0.00683. The molecule has 2 N–H and O–H groups in total. The summed E-state index contributed by atoms with van der Waals surface area (Å²) in [6, 6.07) is 0. The number of fused-ring (bicyclic) bond motifs is 1. The van der Waals surface area contributed by atoms with Crippen LogP contribution in [0.15, 0.2) is 0 Å². The molecule has 0 aromatic rings. The molecule has 0 heterocycles. The molecule has 0 radical (unpaired) electrons. The van der Waals surface area contributed by atoms with Crippen molar-refractivity contribution in [3.05, 3.63) is 0 Å². The Balaban J connectivity index is 1.54. The molecule has 0 aliphatic heterocycles. The summed E-state index contributed by atoms with van der Waals surface area (Å²) < 4.78 is 0. The molecule has 3 aliphatic carbocycles. The first-order valence-corrected chi connectivity index (χ1v) is 8.08. The van der Waals surface area contributed by atoms with Crippen LogP contribution in [0.4, 0.5) is 0 Å². The van der Waals surface area contributed by atoms with Gasteiger partial charge in [0.2, 0.25) is 0 Å². The first-order valence-electron chi connectivity index (χ1n) is 8.08. The molecule has 0 amide bonds. The highest BCUT2D eigenvalue weighted by atomic mass is 16.3. The third kappa shape index (κ3) is 2.75. The van der Waals surface area contributed by atoms with E-state index in [1.807, 2.05) is 0 Å². The van der Waals surface area contributed by atoms with Crippen molar-refractivity contribution in [2.24, 2.45) is 23.7 Å². The highest BCUT2D eigenvalue weighted by molar-refractivity contribution is 4.89. The monoisotopic (exact) mass is 252 g/mol. The molecular formula is C16H28O2. The van der Waals surface area contributed by atoms with Crippen LogP contribution in [0.25, 0.3) is 0 Å². The van der Waals surface area contributed by atoms with Crippen molar-refractivity contribution in [1.29, 1.82) is 0 Å². The van der Waals surface area contributed by atoms with Gasteiger partial charge in [0.05, 0.1) is 12.2 Å². The summed E-state index contributed by atoms with van der Waals surface area (Å²) in [6.45, 7) is 0. The van der Waals surface area contributed by atoms with Crippen molar-refractivity contribution in [1.82, 2.24) is 0 Å². The summed E-state index contributed by atoms with van der Waals surface area (Å²) in [4.78, 5) is 0. The summed E-state index contributed by atoms with van der Waals surface area (Å²) >= 11 is 0. The molecule has 104 valence electrons. The molecule has 2 heteroatoms. The van der Waals surface area contributed by atoms with Crippen molar-refractivity contribution < 1.29 is 10.2 Å². The van der Waals surface area contributed by atoms with E-state index in [-0.39, 0.29) is 12.2 Å². The Bertz CT molecular complexity index is 268. The molecule has 2 nitrogen and oxygen atoms in total. The van der Waals surface area contributed by atoms with Gasteiger partial charge in [0, 0.05) is 0 Å². The Kier molecular flexibility index (Phi) is 3.95. The van der Waals surface area contributed by atoms with Gasteiger partial charge in [-0.3, -0.25) is 0 Å². The van der Waals surface area contributed by atoms with Gasteiger partial charge in [-0.15, -0.1) is 0 Å². The molecular weight excluding hydrogens is 224 g/mol. The van der Waals surface area contributed by atoms with E-state index in [9.17, 15) is 10.2 Å². The summed E-state index contributed by atoms with van der Waals surface area (Å²) in [5.41, 5.74) is 0. The van der Waals surface area contributed by atoms with E-state index < -0.39 is 0 Å². The lowest BCUT2D eigenvalue weighted by Gasteiger charge is -2.44. The highest BCUT2D eigenvalue weighted by Crippen LogP contribution is 2.47. The third-order valence-corrected chi connectivity index (χ3v) is 6.03. The van der Waals surface area contributed by atoms with Crippen LogP contribution in [0.1, 0.15) is 64.2 Å². The van der Waals surface area contributed by atoms with Crippen molar-refractivity contribution in [2.45, 2.75) is 76.4 Å². The number of rotatable bonds is 1. The quantitative estimate of drug-likeness (QED) is 0.753. The van der Waals surface area contributed by atoms with Crippen LogP contribution in [-0.2, 0) is 0 Å². The Morgan fingerprint density at radius 3 is 1.61 bits per heavy atom. The van der Waals surface area contributed by atoms with Gasteiger partial charge in [-0.1, -0.05) is 0 Å². The molecule has 0 spiro atoms. The zero-order valence-corrected chi connectivity index (χ0v) is 11.4. The second-order valence-electron chi connectivity index (χ2n) is 7.13. The number of hydrogen-bond donors (Lipinski definition) is 2. The third-order valence-electron chi connectivity index (χ3n) is 6.03. The van der Waals surface area contributed by atoms with Gasteiger partial charge in [0.25, 0.3) is 0 Å². The Hall–Kier alpha value is -0.0800. The first kappa shape index (κ1) is 12.9. The molecule has 0 aromatic carbocycles. The van der Waals surface area contributed by atoms with Crippen LogP contribution in [0.5, 0.6) is 0 Å². The van der Waals surface area contributed by atoms with Crippen LogP contribution in [0.2, 0.25) is 0 Å². The van der Waals surface area contributed by atoms with Crippen LogP contribution >= 0.6 is 0 Å². The zero-order chi connectivity index (χ0) is 12.5. The molecule has 0 bridgehead atoms. The van der Waals surface area contributed by atoms with Gasteiger partial charge in [0.15, 0.2) is 0 Å². The predicted molar refractivity (Wildman–Crippen MR) is 72.1 cm³/mol. The zero-order valence-electron chi connectivity index (χ0n) is 11.4. The largest absolute Gasteiger partial charge is 0.393 e. The Morgan fingerprint density at radius 1 is 0.444 bits per heavy atom. The normalized spacial score (nSPS) is 49.7. The SMILES string of the molecule is OC1CCC(C2CCC3CC(O)CCC3C2)CC1. The van der Waals surface area contributed by atoms with Crippen molar-refractivity contribution in [2.75, 3.05) is 0 Å². The number of hydrogen-bond acceptors (Lipinski definition) is 2. The minimum atomic E-state index is -0.0117. The smallest absolute Gasteiger partial charge is 0.0543 e. The van der Waals surface area contributed by atoms with Crippen LogP contribution in [-0.4, -0.2) is 22.4 Å².